The zero-order valence-electron chi connectivity index (χ0n) is 52.6. The first-order chi connectivity index (χ1) is 41.7. The molecule has 5 aliphatic carbocycles. The Labute approximate surface area is 518 Å². The second-order valence-electron chi connectivity index (χ2n) is 29.5. The lowest BCUT2D eigenvalue weighted by Crippen LogP contribution is -2.68. The highest BCUT2D eigenvalue weighted by Gasteiger charge is 2.71. The van der Waals surface area contributed by atoms with Gasteiger partial charge < -0.3 is 124 Å². The molecule has 5 saturated heterocycles. The van der Waals surface area contributed by atoms with E-state index in [1.165, 1.54) is 19.4 Å². The van der Waals surface area contributed by atoms with Gasteiger partial charge in [0.2, 0.25) is 6.29 Å². The van der Waals surface area contributed by atoms with Crippen molar-refractivity contribution in [3.63, 3.8) is 0 Å². The number of rotatable bonds is 14. The van der Waals surface area contributed by atoms with Gasteiger partial charge in [-0.15, -0.1) is 0 Å². The molecule has 33 atom stereocenters. The third-order valence-electron chi connectivity index (χ3n) is 23.7. The second-order valence-corrected chi connectivity index (χ2v) is 29.5. The van der Waals surface area contributed by atoms with Gasteiger partial charge in [0.05, 0.1) is 43.5 Å². The van der Waals surface area contributed by atoms with Crippen LogP contribution in [-0.2, 0) is 61.7 Å². The molecular formula is C62H100O27. The summed E-state index contributed by atoms with van der Waals surface area (Å²) in [6.07, 6.45) is -33.5. The molecule has 0 aromatic carbocycles. The molecule has 5 heterocycles. The fourth-order valence-corrected chi connectivity index (χ4v) is 18.1. The lowest BCUT2D eigenvalue weighted by molar-refractivity contribution is -0.394. The quantitative estimate of drug-likeness (QED) is 0.0530. The molecule has 27 nitrogen and oxygen atoms in total. The van der Waals surface area contributed by atoms with Gasteiger partial charge in [-0.1, -0.05) is 60.1 Å². The van der Waals surface area contributed by atoms with Crippen LogP contribution in [0.15, 0.2) is 11.6 Å². The topological polar surface area (TPSA) is 419 Å². The molecular weight excluding hydrogens is 1180 g/mol. The molecule has 10 aliphatic rings. The highest BCUT2D eigenvalue weighted by Crippen LogP contribution is 2.76. The monoisotopic (exact) mass is 1280 g/mol. The summed E-state index contributed by atoms with van der Waals surface area (Å²) >= 11 is 0. The van der Waals surface area contributed by atoms with Gasteiger partial charge in [-0.3, -0.25) is 4.79 Å². The van der Waals surface area contributed by atoms with Gasteiger partial charge in [0, 0.05) is 0 Å². The third kappa shape index (κ3) is 11.8. The summed E-state index contributed by atoms with van der Waals surface area (Å²) in [7, 11) is 0. The molecule has 0 aromatic heterocycles. The molecule has 89 heavy (non-hydrogen) atoms. The molecule has 0 aromatic rings. The Morgan fingerprint density at radius 2 is 1.06 bits per heavy atom. The van der Waals surface area contributed by atoms with Crippen LogP contribution in [-0.4, -0.2) is 263 Å². The van der Waals surface area contributed by atoms with E-state index in [0.717, 1.165) is 12.8 Å². The molecule has 27 heteroatoms. The van der Waals surface area contributed by atoms with Crippen LogP contribution in [0, 0.1) is 50.2 Å². The number of esters is 2. The van der Waals surface area contributed by atoms with Crippen molar-refractivity contribution in [1.29, 1.82) is 0 Å². The van der Waals surface area contributed by atoms with E-state index in [0.29, 0.717) is 51.4 Å². The standard InChI is InChI=1S/C62H100O27/c1-11-79-50(77)47-40(71)41(72)49(88-54-48(39(70)35(66)26(3)81-54)87-52-44(75)38(69)36(67)29(23-63)82-52)55(86-47)84-33-15-16-59(8)31(58(33,6)7)14-17-61(10)32(59)13-12-27-28-22-57(4,5)18-20-62(28,21-19-60(27,61)9)56(78)89-53-45(76)42(73)46(30(24-64)83-53)85-51-43(74)37(68)34(65)25(2)80-51/h12,25-26,28-49,51-55,63-76H,11,13-24H2,1-10H3/t25-,26-,28-,29+,30+,31-,32+,33-,34-,35-,36+,37+,38-,39+,40-,41-,42+,43+,44+,45+,46+,47-,48+,49+,51-,52-,53-,54-,55+,59-,60+,61+,62-/m0/s1. The molecule has 9 fully saturated rings. The Balaban J connectivity index is 0.883. The number of hydrogen-bond acceptors (Lipinski definition) is 27. The second kappa shape index (κ2) is 25.7. The summed E-state index contributed by atoms with van der Waals surface area (Å²) in [5.74, 6) is -1.69. The molecule has 4 saturated carbocycles. The fraction of sp³-hybridized carbons (Fsp3) is 0.935. The minimum absolute atomic E-state index is 0.0137. The van der Waals surface area contributed by atoms with Crippen LogP contribution in [0.3, 0.4) is 0 Å². The number of carbonyl (C=O) groups excluding carboxylic acids is 2. The predicted molar refractivity (Wildman–Crippen MR) is 302 cm³/mol. The summed E-state index contributed by atoms with van der Waals surface area (Å²) in [5, 5.41) is 153. The van der Waals surface area contributed by atoms with Crippen molar-refractivity contribution in [2.24, 2.45) is 50.2 Å². The highest BCUT2D eigenvalue weighted by molar-refractivity contribution is 5.79. The minimum atomic E-state index is -1.94. The van der Waals surface area contributed by atoms with E-state index in [-0.39, 0.29) is 40.6 Å². The maximum atomic E-state index is 15.2. The van der Waals surface area contributed by atoms with Crippen molar-refractivity contribution < 1.29 is 133 Å². The van der Waals surface area contributed by atoms with Gasteiger partial charge in [-0.05, 0) is 130 Å². The third-order valence-corrected chi connectivity index (χ3v) is 23.7. The van der Waals surface area contributed by atoms with Crippen molar-refractivity contribution in [2.45, 2.75) is 293 Å². The molecule has 0 amide bonds. The molecule has 10 rings (SSSR count). The van der Waals surface area contributed by atoms with Crippen molar-refractivity contribution in [3.8, 4) is 0 Å². The van der Waals surface area contributed by atoms with Crippen LogP contribution in [0.25, 0.3) is 0 Å². The lowest BCUT2D eigenvalue weighted by atomic mass is 9.33. The highest BCUT2D eigenvalue weighted by atomic mass is 16.8. The lowest BCUT2D eigenvalue weighted by Gasteiger charge is -2.71. The molecule has 0 radical (unpaired) electrons. The molecule has 510 valence electrons. The zero-order chi connectivity index (χ0) is 65.2. The number of allylic oxidation sites excluding steroid dienone is 2. The van der Waals surface area contributed by atoms with E-state index < -0.39 is 201 Å². The van der Waals surface area contributed by atoms with E-state index in [1.807, 2.05) is 0 Å². The van der Waals surface area contributed by atoms with Gasteiger partial charge in [0.1, 0.15) is 104 Å². The summed E-state index contributed by atoms with van der Waals surface area (Å²) in [4.78, 5) is 28.6. The minimum Gasteiger partial charge on any atom is -0.464 e. The van der Waals surface area contributed by atoms with Crippen LogP contribution < -0.4 is 0 Å². The molecule has 14 N–H and O–H groups in total. The van der Waals surface area contributed by atoms with E-state index in [2.05, 4.69) is 54.5 Å². The van der Waals surface area contributed by atoms with Gasteiger partial charge in [-0.2, -0.15) is 0 Å². The Bertz CT molecular complexity index is 2520. The van der Waals surface area contributed by atoms with Gasteiger partial charge in [0.15, 0.2) is 31.3 Å². The van der Waals surface area contributed by atoms with Gasteiger partial charge in [0.25, 0.3) is 0 Å². The van der Waals surface area contributed by atoms with Crippen LogP contribution in [0.1, 0.15) is 133 Å². The first-order valence-electron chi connectivity index (χ1n) is 32.0. The summed E-state index contributed by atoms with van der Waals surface area (Å²) in [6, 6.07) is 0. The Kier molecular flexibility index (Phi) is 20.1. The number of aliphatic hydroxyl groups excluding tert-OH is 14. The predicted octanol–water partition coefficient (Wildman–Crippen LogP) is -1.59. The normalized spacial score (nSPS) is 53.0. The summed E-state index contributed by atoms with van der Waals surface area (Å²) in [6.45, 7) is 18.5. The Hall–Kier alpha value is -2.24. The van der Waals surface area contributed by atoms with E-state index in [9.17, 15) is 76.3 Å². The molecule has 0 bridgehead atoms. The molecule has 0 spiro atoms. The Morgan fingerprint density at radius 3 is 1.70 bits per heavy atom. The first kappa shape index (κ1) is 69.6. The van der Waals surface area contributed by atoms with Crippen LogP contribution in [0.4, 0.5) is 0 Å². The van der Waals surface area contributed by atoms with E-state index in [4.69, 9.17) is 52.1 Å². The van der Waals surface area contributed by atoms with E-state index in [1.54, 1.807) is 6.92 Å². The average Bonchev–Trinajstić information content (AvgIpc) is 0.724. The van der Waals surface area contributed by atoms with Crippen molar-refractivity contribution in [3.05, 3.63) is 11.6 Å². The SMILES string of the molecule is CCOC(=O)[C@H]1O[C@@H](O[C@H]2CC[C@]3(C)[C@H]4CC=C5[C@@H]6CC(C)(C)CC[C@]6(C(=O)O[C@@H]6O[C@H](CO)[C@@H](O[C@@H]7O[C@@H](C)[C@H](O)[C@@H](O)[C@H]7O)[C@H](O)[C@H]6O)CC[C@@]5(C)[C@]4(C)CC[C@H]3C2(C)C)[C@H](O[C@@H]2O[C@@H](C)[C@H](O)[C@@H](O)[C@H]2O[C@@H]2O[C@H](CO)[C@@H](O)[C@H](O)[C@H]2O)[C@@H](O)[C@@H]1O. The fourth-order valence-electron chi connectivity index (χ4n) is 18.1. The van der Waals surface area contributed by atoms with Gasteiger partial charge >= 0.3 is 11.9 Å². The van der Waals surface area contributed by atoms with Crippen LogP contribution >= 0.6 is 0 Å². The maximum absolute atomic E-state index is 15.2. The number of hydrogen-bond donors (Lipinski definition) is 14. The number of aliphatic hydroxyl groups is 14. The molecule has 5 aliphatic heterocycles. The largest absolute Gasteiger partial charge is 0.464 e. The maximum Gasteiger partial charge on any atom is 0.338 e. The number of carbonyl (C=O) groups is 2. The smallest absolute Gasteiger partial charge is 0.338 e. The van der Waals surface area contributed by atoms with Gasteiger partial charge in [-0.25, -0.2) is 4.79 Å². The van der Waals surface area contributed by atoms with Crippen LogP contribution in [0.2, 0.25) is 0 Å². The van der Waals surface area contributed by atoms with Crippen molar-refractivity contribution in [2.75, 3.05) is 19.8 Å². The summed E-state index contributed by atoms with van der Waals surface area (Å²) < 4.78 is 66.1. The summed E-state index contributed by atoms with van der Waals surface area (Å²) in [5.41, 5.74) is -1.64. The average molecular weight is 1280 g/mol. The Morgan fingerprint density at radius 1 is 0.528 bits per heavy atom. The number of ether oxygens (including phenoxy) is 11. The number of fused-ring (bicyclic) bond motifs is 7. The van der Waals surface area contributed by atoms with Crippen LogP contribution in [0.5, 0.6) is 0 Å². The van der Waals surface area contributed by atoms with Crippen molar-refractivity contribution >= 4 is 11.9 Å². The zero-order valence-corrected chi connectivity index (χ0v) is 52.6. The van der Waals surface area contributed by atoms with E-state index >= 15 is 4.79 Å². The van der Waals surface area contributed by atoms with Crippen molar-refractivity contribution in [1.82, 2.24) is 0 Å². The first-order valence-corrected chi connectivity index (χ1v) is 32.0. The molecule has 0 unspecified atom stereocenters.